The summed E-state index contributed by atoms with van der Waals surface area (Å²) in [5.74, 6) is 0.987. The molecule has 0 bridgehead atoms. The molecule has 2 heterocycles. The van der Waals surface area contributed by atoms with E-state index in [-0.39, 0.29) is 6.03 Å². The van der Waals surface area contributed by atoms with Crippen molar-refractivity contribution in [2.45, 2.75) is 26.7 Å². The molecule has 1 aliphatic rings. The zero-order chi connectivity index (χ0) is 17.6. The third-order valence-corrected chi connectivity index (χ3v) is 4.41. The average Bonchev–Trinajstić information content (AvgIpc) is 2.60. The van der Waals surface area contributed by atoms with E-state index in [0.29, 0.717) is 24.9 Å². The quantitative estimate of drug-likeness (QED) is 0.915. The van der Waals surface area contributed by atoms with Gasteiger partial charge in [0, 0.05) is 36.5 Å². The molecule has 0 radical (unpaired) electrons. The number of benzene rings is 1. The molecule has 5 nitrogen and oxygen atoms in total. The van der Waals surface area contributed by atoms with Gasteiger partial charge in [-0.15, -0.1) is 0 Å². The van der Waals surface area contributed by atoms with Crippen LogP contribution < -0.4 is 10.1 Å². The van der Waals surface area contributed by atoms with E-state index in [4.69, 9.17) is 4.74 Å². The first-order valence-corrected chi connectivity index (χ1v) is 8.79. The van der Waals surface area contributed by atoms with Gasteiger partial charge >= 0.3 is 6.03 Å². The lowest BCUT2D eigenvalue weighted by molar-refractivity contribution is 0.143. The van der Waals surface area contributed by atoms with E-state index < -0.39 is 0 Å². The minimum Gasteiger partial charge on any atom is -0.477 e. The smallest absolute Gasteiger partial charge is 0.321 e. The average molecular weight is 339 g/mol. The number of aryl methyl sites for hydroxylation is 2. The van der Waals surface area contributed by atoms with Crippen molar-refractivity contribution in [2.75, 3.05) is 25.0 Å². The lowest BCUT2D eigenvalue weighted by atomic mass is 9.99. The number of ether oxygens (including phenoxy) is 1. The molecule has 3 rings (SSSR count). The van der Waals surface area contributed by atoms with Crippen molar-refractivity contribution in [3.8, 4) is 5.88 Å². The molecule has 1 aromatic heterocycles. The number of likely N-dealkylation sites (tertiary alicyclic amines) is 1. The topological polar surface area (TPSA) is 54.5 Å². The van der Waals surface area contributed by atoms with Gasteiger partial charge in [-0.2, -0.15) is 0 Å². The number of aromatic nitrogens is 1. The molecule has 0 spiro atoms. The third kappa shape index (κ3) is 4.95. The minimum absolute atomic E-state index is 0.0380. The molecule has 1 atom stereocenters. The first-order valence-electron chi connectivity index (χ1n) is 8.79. The van der Waals surface area contributed by atoms with Crippen LogP contribution >= 0.6 is 0 Å². The van der Waals surface area contributed by atoms with Gasteiger partial charge in [-0.05, 0) is 50.5 Å². The summed E-state index contributed by atoms with van der Waals surface area (Å²) in [6.45, 7) is 6.05. The maximum Gasteiger partial charge on any atom is 0.321 e. The summed E-state index contributed by atoms with van der Waals surface area (Å²) >= 11 is 0. The van der Waals surface area contributed by atoms with Gasteiger partial charge in [-0.1, -0.05) is 18.2 Å². The summed E-state index contributed by atoms with van der Waals surface area (Å²) in [5, 5.41) is 2.99. The third-order valence-electron chi connectivity index (χ3n) is 4.41. The highest BCUT2D eigenvalue weighted by Crippen LogP contribution is 2.19. The highest BCUT2D eigenvalue weighted by Gasteiger charge is 2.24. The molecule has 5 heteroatoms. The van der Waals surface area contributed by atoms with E-state index in [0.717, 1.165) is 36.3 Å². The predicted octanol–water partition coefficient (Wildman–Crippen LogP) is 4.02. The molecular weight excluding hydrogens is 314 g/mol. The van der Waals surface area contributed by atoms with Gasteiger partial charge in [-0.3, -0.25) is 0 Å². The number of rotatable bonds is 4. The Labute approximate surface area is 149 Å². The molecule has 1 aromatic carbocycles. The van der Waals surface area contributed by atoms with Crippen LogP contribution in [0.25, 0.3) is 0 Å². The van der Waals surface area contributed by atoms with Gasteiger partial charge in [0.15, 0.2) is 0 Å². The molecule has 1 unspecified atom stereocenters. The summed E-state index contributed by atoms with van der Waals surface area (Å²) in [6.07, 6.45) is 2.07. The monoisotopic (exact) mass is 339 g/mol. The summed E-state index contributed by atoms with van der Waals surface area (Å²) in [7, 11) is 0. The van der Waals surface area contributed by atoms with Gasteiger partial charge in [-0.25, -0.2) is 9.78 Å². The Morgan fingerprint density at radius 1 is 1.28 bits per heavy atom. The van der Waals surface area contributed by atoms with Crippen LogP contribution in [0.4, 0.5) is 10.5 Å². The van der Waals surface area contributed by atoms with Crippen molar-refractivity contribution in [3.63, 3.8) is 0 Å². The summed E-state index contributed by atoms with van der Waals surface area (Å²) < 4.78 is 5.82. The van der Waals surface area contributed by atoms with E-state index >= 15 is 0 Å². The van der Waals surface area contributed by atoms with Gasteiger partial charge in [0.1, 0.15) is 0 Å². The second-order valence-electron chi connectivity index (χ2n) is 6.68. The van der Waals surface area contributed by atoms with Crippen LogP contribution in [0.2, 0.25) is 0 Å². The van der Waals surface area contributed by atoms with Crippen LogP contribution in [-0.2, 0) is 0 Å². The molecule has 0 aliphatic carbocycles. The van der Waals surface area contributed by atoms with Crippen LogP contribution in [-0.4, -0.2) is 35.6 Å². The molecule has 1 saturated heterocycles. The second kappa shape index (κ2) is 8.01. The van der Waals surface area contributed by atoms with E-state index in [2.05, 4.69) is 10.3 Å². The lowest BCUT2D eigenvalue weighted by Crippen LogP contribution is -2.43. The Kier molecular flexibility index (Phi) is 5.53. The number of amides is 2. The number of carbonyl (C=O) groups is 1. The van der Waals surface area contributed by atoms with Gasteiger partial charge in [0.05, 0.1) is 6.61 Å². The number of nitrogens with zero attached hydrogens (tertiary/aromatic N) is 2. The zero-order valence-corrected chi connectivity index (χ0v) is 14.9. The minimum atomic E-state index is -0.0380. The molecule has 132 valence electrons. The van der Waals surface area contributed by atoms with Crippen LogP contribution in [0.15, 0.2) is 42.5 Å². The number of carbonyl (C=O) groups excluding carboxylic acids is 1. The Hall–Kier alpha value is -2.56. The normalized spacial score (nSPS) is 17.2. The molecule has 2 amide bonds. The number of urea groups is 1. The number of hydrogen-bond acceptors (Lipinski definition) is 3. The number of piperidine rings is 1. The van der Waals surface area contributed by atoms with Gasteiger partial charge in [0.25, 0.3) is 0 Å². The fourth-order valence-corrected chi connectivity index (χ4v) is 3.11. The number of anilines is 1. The Morgan fingerprint density at radius 3 is 2.92 bits per heavy atom. The van der Waals surface area contributed by atoms with E-state index in [1.54, 1.807) is 0 Å². The summed E-state index contributed by atoms with van der Waals surface area (Å²) in [6, 6.07) is 13.6. The zero-order valence-electron chi connectivity index (χ0n) is 14.9. The van der Waals surface area contributed by atoms with E-state index in [1.165, 1.54) is 0 Å². The number of nitrogens with one attached hydrogen (secondary N) is 1. The maximum atomic E-state index is 12.5. The number of pyridine rings is 1. The van der Waals surface area contributed by atoms with Gasteiger partial charge in [0.2, 0.25) is 5.88 Å². The van der Waals surface area contributed by atoms with Crippen molar-refractivity contribution in [3.05, 3.63) is 53.7 Å². The maximum absolute atomic E-state index is 12.5. The van der Waals surface area contributed by atoms with Crippen molar-refractivity contribution in [1.29, 1.82) is 0 Å². The SMILES string of the molecule is Cc1cccc(NC(=O)N2CCCC(COc3cccc(C)n3)C2)c1. The predicted molar refractivity (Wildman–Crippen MR) is 99.0 cm³/mol. The van der Waals surface area contributed by atoms with Crippen molar-refractivity contribution in [2.24, 2.45) is 5.92 Å². The van der Waals surface area contributed by atoms with E-state index in [9.17, 15) is 4.79 Å². The van der Waals surface area contributed by atoms with Crippen LogP contribution in [0.1, 0.15) is 24.1 Å². The largest absolute Gasteiger partial charge is 0.477 e. The molecule has 1 aliphatic heterocycles. The Balaban J connectivity index is 1.52. The van der Waals surface area contributed by atoms with Crippen molar-refractivity contribution >= 4 is 11.7 Å². The molecule has 1 fully saturated rings. The Bertz CT molecular complexity index is 732. The lowest BCUT2D eigenvalue weighted by Gasteiger charge is -2.32. The van der Waals surface area contributed by atoms with Crippen molar-refractivity contribution < 1.29 is 9.53 Å². The fourth-order valence-electron chi connectivity index (χ4n) is 3.11. The highest BCUT2D eigenvalue weighted by atomic mass is 16.5. The second-order valence-corrected chi connectivity index (χ2v) is 6.68. The summed E-state index contributed by atoms with van der Waals surface area (Å²) in [5.41, 5.74) is 2.92. The van der Waals surface area contributed by atoms with Crippen LogP contribution in [0.3, 0.4) is 0 Å². The molecule has 25 heavy (non-hydrogen) atoms. The number of hydrogen-bond donors (Lipinski definition) is 1. The van der Waals surface area contributed by atoms with Crippen molar-refractivity contribution in [1.82, 2.24) is 9.88 Å². The Morgan fingerprint density at radius 2 is 2.12 bits per heavy atom. The molecule has 1 N–H and O–H groups in total. The van der Waals surface area contributed by atoms with Crippen LogP contribution in [0.5, 0.6) is 5.88 Å². The van der Waals surface area contributed by atoms with Crippen LogP contribution in [0, 0.1) is 19.8 Å². The first kappa shape index (κ1) is 17.3. The summed E-state index contributed by atoms with van der Waals surface area (Å²) in [4.78, 5) is 18.7. The molecule has 0 saturated carbocycles. The molecular formula is C20H25N3O2. The van der Waals surface area contributed by atoms with E-state index in [1.807, 2.05) is 61.2 Å². The fraction of sp³-hybridized carbons (Fsp3) is 0.400. The molecule has 2 aromatic rings. The highest BCUT2D eigenvalue weighted by molar-refractivity contribution is 5.89. The standard InChI is InChI=1S/C20H25N3O2/c1-15-6-3-9-18(12-15)22-20(24)23-11-5-8-17(13-23)14-25-19-10-4-7-16(2)21-19/h3-4,6-7,9-10,12,17H,5,8,11,13-14H2,1-2H3,(H,22,24). The first-order chi connectivity index (χ1) is 12.1. The van der Waals surface area contributed by atoms with Gasteiger partial charge < -0.3 is 15.0 Å².